The molecule has 5 nitrogen and oxygen atoms in total. The molecule has 8 heteroatoms. The van der Waals surface area contributed by atoms with Gasteiger partial charge >= 0.3 is 6.18 Å². The molecular weight excluding hydrogens is 381 g/mol. The number of benzene rings is 1. The van der Waals surface area contributed by atoms with Crippen LogP contribution in [0.5, 0.6) is 0 Å². The SMILES string of the molecule is Cc1nn(-c2ccccn2)c2c1C(=O)/C(=C/Nc1cccc(C(F)(F)F)c1)CC2. The van der Waals surface area contributed by atoms with Crippen LogP contribution in [0.25, 0.3) is 5.82 Å². The van der Waals surface area contributed by atoms with Gasteiger partial charge in [-0.05, 0) is 50.1 Å². The highest BCUT2D eigenvalue weighted by Crippen LogP contribution is 2.32. The quantitative estimate of drug-likeness (QED) is 0.649. The first-order valence-corrected chi connectivity index (χ1v) is 9.02. The molecule has 0 atom stereocenters. The molecular formula is C21H17F3N4O. The third kappa shape index (κ3) is 3.65. The van der Waals surface area contributed by atoms with E-state index < -0.39 is 11.7 Å². The Hall–Kier alpha value is -3.42. The number of nitrogens with one attached hydrogen (secondary N) is 1. The first-order chi connectivity index (χ1) is 13.8. The van der Waals surface area contributed by atoms with Crippen LogP contribution in [0.2, 0.25) is 0 Å². The Bertz CT molecular complexity index is 1100. The second-order valence-corrected chi connectivity index (χ2v) is 6.73. The topological polar surface area (TPSA) is 59.8 Å². The van der Waals surface area contributed by atoms with Crippen molar-refractivity contribution in [3.05, 3.63) is 82.9 Å². The molecule has 0 unspecified atom stereocenters. The van der Waals surface area contributed by atoms with Gasteiger partial charge in [-0.25, -0.2) is 9.67 Å². The van der Waals surface area contributed by atoms with Gasteiger partial charge in [0.05, 0.1) is 22.5 Å². The highest BCUT2D eigenvalue weighted by Gasteiger charge is 2.31. The molecule has 0 spiro atoms. The van der Waals surface area contributed by atoms with Gasteiger partial charge in [-0.1, -0.05) is 12.1 Å². The molecule has 148 valence electrons. The van der Waals surface area contributed by atoms with Crippen LogP contribution in [0.3, 0.4) is 0 Å². The van der Waals surface area contributed by atoms with Crippen LogP contribution in [-0.2, 0) is 12.6 Å². The highest BCUT2D eigenvalue weighted by atomic mass is 19.4. The molecule has 29 heavy (non-hydrogen) atoms. The van der Waals surface area contributed by atoms with Gasteiger partial charge in [0.25, 0.3) is 0 Å². The smallest absolute Gasteiger partial charge is 0.361 e. The van der Waals surface area contributed by atoms with E-state index in [9.17, 15) is 18.0 Å². The summed E-state index contributed by atoms with van der Waals surface area (Å²) in [4.78, 5) is 17.3. The van der Waals surface area contributed by atoms with Gasteiger partial charge in [-0.2, -0.15) is 18.3 Å². The number of allylic oxidation sites excluding steroid dienone is 1. The number of fused-ring (bicyclic) bond motifs is 1. The van der Waals surface area contributed by atoms with Crippen molar-refractivity contribution in [2.45, 2.75) is 25.9 Å². The summed E-state index contributed by atoms with van der Waals surface area (Å²) in [5.41, 5.74) is 1.94. The maximum atomic E-state index is 13.0. The van der Waals surface area contributed by atoms with Crippen molar-refractivity contribution in [2.24, 2.45) is 0 Å². The number of alkyl halides is 3. The lowest BCUT2D eigenvalue weighted by atomic mass is 9.90. The Morgan fingerprint density at radius 2 is 1.97 bits per heavy atom. The summed E-state index contributed by atoms with van der Waals surface area (Å²) >= 11 is 0. The minimum Gasteiger partial charge on any atom is -0.361 e. The number of anilines is 1. The summed E-state index contributed by atoms with van der Waals surface area (Å²) < 4.78 is 40.3. The molecule has 0 aliphatic heterocycles. The maximum Gasteiger partial charge on any atom is 0.416 e. The Balaban J connectivity index is 1.61. The number of hydrogen-bond donors (Lipinski definition) is 1. The van der Waals surface area contributed by atoms with Gasteiger partial charge in [0, 0.05) is 23.7 Å². The number of carbonyl (C=O) groups excluding carboxylic acids is 1. The first kappa shape index (κ1) is 18.9. The molecule has 2 heterocycles. The monoisotopic (exact) mass is 398 g/mol. The van der Waals surface area contributed by atoms with E-state index in [2.05, 4.69) is 15.4 Å². The predicted octanol–water partition coefficient (Wildman–Crippen LogP) is 4.72. The van der Waals surface area contributed by atoms with E-state index in [1.807, 2.05) is 12.1 Å². The molecule has 1 aromatic carbocycles. The van der Waals surface area contributed by atoms with Crippen LogP contribution >= 0.6 is 0 Å². The molecule has 0 saturated carbocycles. The minimum absolute atomic E-state index is 0.176. The number of halogens is 3. The van der Waals surface area contributed by atoms with Crippen LogP contribution in [0.15, 0.2) is 60.4 Å². The molecule has 4 rings (SSSR count). The van der Waals surface area contributed by atoms with Crippen molar-refractivity contribution in [3.8, 4) is 5.82 Å². The van der Waals surface area contributed by atoms with Gasteiger partial charge in [0.1, 0.15) is 0 Å². The third-order valence-electron chi connectivity index (χ3n) is 4.78. The Kier molecular flexibility index (Phi) is 4.70. The number of carbonyl (C=O) groups is 1. The molecule has 1 N–H and O–H groups in total. The Labute approximate surface area is 164 Å². The fourth-order valence-corrected chi connectivity index (χ4v) is 3.39. The van der Waals surface area contributed by atoms with E-state index in [4.69, 9.17) is 0 Å². The normalized spacial score (nSPS) is 15.4. The zero-order valence-corrected chi connectivity index (χ0v) is 15.5. The molecule has 2 aromatic heterocycles. The van der Waals surface area contributed by atoms with E-state index in [-0.39, 0.29) is 11.5 Å². The highest BCUT2D eigenvalue weighted by molar-refractivity contribution is 6.11. The number of nitrogens with zero attached hydrogens (tertiary/aromatic N) is 3. The minimum atomic E-state index is -4.42. The summed E-state index contributed by atoms with van der Waals surface area (Å²) in [6.07, 6.45) is -0.242. The first-order valence-electron chi connectivity index (χ1n) is 9.02. The molecule has 0 radical (unpaired) electrons. The zero-order chi connectivity index (χ0) is 20.6. The van der Waals surface area contributed by atoms with Crippen molar-refractivity contribution in [2.75, 3.05) is 5.32 Å². The molecule has 0 fully saturated rings. The maximum absolute atomic E-state index is 13.0. The van der Waals surface area contributed by atoms with E-state index in [0.717, 1.165) is 17.8 Å². The molecule has 0 saturated heterocycles. The Morgan fingerprint density at radius 1 is 1.14 bits per heavy atom. The number of ketones is 1. The lowest BCUT2D eigenvalue weighted by molar-refractivity contribution is -0.137. The van der Waals surface area contributed by atoms with Crippen molar-refractivity contribution >= 4 is 11.5 Å². The van der Waals surface area contributed by atoms with E-state index in [1.54, 1.807) is 23.9 Å². The molecule has 0 bridgehead atoms. The summed E-state index contributed by atoms with van der Waals surface area (Å²) in [7, 11) is 0. The van der Waals surface area contributed by atoms with E-state index in [0.29, 0.717) is 35.5 Å². The summed E-state index contributed by atoms with van der Waals surface area (Å²) in [5, 5.41) is 7.29. The van der Waals surface area contributed by atoms with Gasteiger partial charge in [0.15, 0.2) is 11.6 Å². The summed E-state index contributed by atoms with van der Waals surface area (Å²) in [6, 6.07) is 10.3. The molecule has 1 aliphatic carbocycles. The van der Waals surface area contributed by atoms with Crippen LogP contribution in [0.1, 0.15) is 33.7 Å². The molecule has 3 aromatic rings. The van der Waals surface area contributed by atoms with Crippen molar-refractivity contribution in [3.63, 3.8) is 0 Å². The molecule has 1 aliphatic rings. The van der Waals surface area contributed by atoms with Gasteiger partial charge in [-0.3, -0.25) is 4.79 Å². The predicted molar refractivity (Wildman–Crippen MR) is 102 cm³/mol. The number of aromatic nitrogens is 3. The average Bonchev–Trinajstić information content (AvgIpc) is 3.05. The van der Waals surface area contributed by atoms with Gasteiger partial charge in [0.2, 0.25) is 0 Å². The summed E-state index contributed by atoms with van der Waals surface area (Å²) in [6.45, 7) is 1.76. The van der Waals surface area contributed by atoms with Crippen LogP contribution in [-0.4, -0.2) is 20.5 Å². The second kappa shape index (κ2) is 7.20. The van der Waals surface area contributed by atoms with Crippen molar-refractivity contribution in [1.29, 1.82) is 0 Å². The van der Waals surface area contributed by atoms with E-state index >= 15 is 0 Å². The lowest BCUT2D eigenvalue weighted by Gasteiger charge is -2.16. The standard InChI is InChI=1S/C21H17F3N4O/c1-13-19-17(28(27-13)18-7-2-3-10-25-18)9-8-14(20(19)29)12-26-16-6-4-5-15(11-16)21(22,23)24/h2-7,10-12,26H,8-9H2,1H3/b14-12+. The third-order valence-corrected chi connectivity index (χ3v) is 4.78. The fourth-order valence-electron chi connectivity index (χ4n) is 3.39. The van der Waals surface area contributed by atoms with Crippen LogP contribution < -0.4 is 5.32 Å². The number of Topliss-reactive ketones (excluding diaryl/α,β-unsaturated/α-hetero) is 1. The van der Waals surface area contributed by atoms with Crippen LogP contribution in [0, 0.1) is 6.92 Å². The van der Waals surface area contributed by atoms with E-state index in [1.165, 1.54) is 18.3 Å². The van der Waals surface area contributed by atoms with Crippen molar-refractivity contribution in [1.82, 2.24) is 14.8 Å². The average molecular weight is 398 g/mol. The lowest BCUT2D eigenvalue weighted by Crippen LogP contribution is -2.17. The van der Waals surface area contributed by atoms with Gasteiger partial charge in [-0.15, -0.1) is 0 Å². The van der Waals surface area contributed by atoms with Gasteiger partial charge < -0.3 is 5.32 Å². The fraction of sp³-hybridized carbons (Fsp3) is 0.190. The number of aryl methyl sites for hydroxylation is 1. The zero-order valence-electron chi connectivity index (χ0n) is 15.5. The summed E-state index contributed by atoms with van der Waals surface area (Å²) in [5.74, 6) is 0.463. The Morgan fingerprint density at radius 3 is 2.69 bits per heavy atom. The number of pyridine rings is 1. The largest absolute Gasteiger partial charge is 0.416 e. The van der Waals surface area contributed by atoms with Crippen molar-refractivity contribution < 1.29 is 18.0 Å². The number of hydrogen-bond acceptors (Lipinski definition) is 4. The second-order valence-electron chi connectivity index (χ2n) is 6.73. The molecule has 0 amide bonds. The van der Waals surface area contributed by atoms with Crippen LogP contribution in [0.4, 0.5) is 18.9 Å². The number of rotatable bonds is 3.